The van der Waals surface area contributed by atoms with E-state index in [2.05, 4.69) is 5.32 Å². The average Bonchev–Trinajstić information content (AvgIpc) is 3.16. The van der Waals surface area contributed by atoms with Crippen LogP contribution in [-0.2, 0) is 4.79 Å². The first-order chi connectivity index (χ1) is 13.9. The number of furan rings is 1. The number of aryl methyl sites for hydroxylation is 1. The number of benzene rings is 2. The Kier molecular flexibility index (Phi) is 5.77. The number of carbonyl (C=O) groups excluding carboxylic acids is 1. The van der Waals surface area contributed by atoms with Crippen molar-refractivity contribution in [2.45, 2.75) is 6.92 Å². The van der Waals surface area contributed by atoms with Crippen LogP contribution in [0.3, 0.4) is 0 Å². The van der Waals surface area contributed by atoms with E-state index in [4.69, 9.17) is 16.0 Å². The summed E-state index contributed by atoms with van der Waals surface area (Å²) in [7, 11) is 0. The predicted octanol–water partition coefficient (Wildman–Crippen LogP) is 5.36. The van der Waals surface area contributed by atoms with Crippen LogP contribution in [0.5, 0.6) is 0 Å². The fourth-order valence-corrected chi connectivity index (χ4v) is 2.80. The van der Waals surface area contributed by atoms with E-state index in [0.29, 0.717) is 11.3 Å². The van der Waals surface area contributed by atoms with Crippen LogP contribution in [0.25, 0.3) is 17.4 Å². The van der Waals surface area contributed by atoms with Crippen molar-refractivity contribution in [2.75, 3.05) is 5.32 Å². The van der Waals surface area contributed by atoms with Crippen molar-refractivity contribution in [3.63, 3.8) is 0 Å². The van der Waals surface area contributed by atoms with Gasteiger partial charge in [0.05, 0.1) is 9.95 Å². The lowest BCUT2D eigenvalue weighted by Crippen LogP contribution is -2.14. The first-order valence-electron chi connectivity index (χ1n) is 8.42. The second kappa shape index (κ2) is 8.42. The molecule has 3 rings (SSSR count). The molecular weight excluding hydrogens is 394 g/mol. The molecule has 0 aliphatic heterocycles. The molecule has 2 aromatic carbocycles. The summed E-state index contributed by atoms with van der Waals surface area (Å²) in [5, 5.41) is 23.3. The molecule has 1 aromatic heterocycles. The Morgan fingerprint density at radius 2 is 2.00 bits per heavy atom. The van der Waals surface area contributed by atoms with Crippen molar-refractivity contribution in [1.29, 1.82) is 5.26 Å². The molecular formula is C21H14ClN3O4. The number of nitrogens with one attached hydrogen (secondary N) is 1. The molecule has 0 bridgehead atoms. The van der Waals surface area contributed by atoms with Crippen LogP contribution in [-0.4, -0.2) is 10.8 Å². The van der Waals surface area contributed by atoms with Crippen LogP contribution in [0.15, 0.2) is 64.6 Å². The fraction of sp³-hybridized carbons (Fsp3) is 0.0476. The summed E-state index contributed by atoms with van der Waals surface area (Å²) < 4.78 is 5.63. The lowest BCUT2D eigenvalue weighted by atomic mass is 10.1. The molecule has 0 radical (unpaired) electrons. The zero-order valence-electron chi connectivity index (χ0n) is 15.2. The van der Waals surface area contributed by atoms with E-state index in [-0.39, 0.29) is 27.8 Å². The van der Waals surface area contributed by atoms with Crippen LogP contribution in [0.1, 0.15) is 11.3 Å². The number of hydrogen-bond donors (Lipinski definition) is 1. The van der Waals surface area contributed by atoms with E-state index < -0.39 is 10.8 Å². The van der Waals surface area contributed by atoms with Crippen molar-refractivity contribution in [2.24, 2.45) is 0 Å². The summed E-state index contributed by atoms with van der Waals surface area (Å²) in [5.74, 6) is -0.0614. The molecule has 0 aliphatic rings. The molecule has 1 N–H and O–H groups in total. The van der Waals surface area contributed by atoms with Gasteiger partial charge in [0.25, 0.3) is 11.6 Å². The fourth-order valence-electron chi connectivity index (χ4n) is 2.58. The third-order valence-electron chi connectivity index (χ3n) is 4.10. The lowest BCUT2D eigenvalue weighted by Gasteiger charge is -2.06. The second-order valence-corrected chi connectivity index (χ2v) is 6.47. The number of rotatable bonds is 5. The molecule has 0 spiro atoms. The highest BCUT2D eigenvalue weighted by Crippen LogP contribution is 2.33. The van der Waals surface area contributed by atoms with Gasteiger partial charge in [-0.3, -0.25) is 14.9 Å². The van der Waals surface area contributed by atoms with Gasteiger partial charge in [0.2, 0.25) is 0 Å². The Bertz CT molecular complexity index is 1170. The number of para-hydroxylation sites is 1. The monoisotopic (exact) mass is 407 g/mol. The van der Waals surface area contributed by atoms with Crippen molar-refractivity contribution in [3.05, 3.63) is 86.6 Å². The number of non-ortho nitro benzene ring substituents is 1. The average molecular weight is 408 g/mol. The molecule has 0 saturated heterocycles. The minimum atomic E-state index is -0.576. The quantitative estimate of drug-likeness (QED) is 0.265. The Morgan fingerprint density at radius 3 is 2.69 bits per heavy atom. The number of nitrogens with zero attached hydrogens (tertiary/aromatic N) is 2. The summed E-state index contributed by atoms with van der Waals surface area (Å²) in [4.78, 5) is 22.9. The van der Waals surface area contributed by atoms with Gasteiger partial charge in [-0.15, -0.1) is 0 Å². The summed E-state index contributed by atoms with van der Waals surface area (Å²) in [6.07, 6.45) is 1.29. The summed E-state index contributed by atoms with van der Waals surface area (Å²) in [6, 6.07) is 16.1. The van der Waals surface area contributed by atoms with Crippen LogP contribution >= 0.6 is 11.6 Å². The van der Waals surface area contributed by atoms with Crippen molar-refractivity contribution in [1.82, 2.24) is 0 Å². The standard InChI is InChI=1S/C21H14ClN3O4/c1-13-4-2-3-5-19(13)24-21(26)14(12-23)10-16-7-9-20(29-16)17-11-15(25(27)28)6-8-18(17)22/h2-11H,1H3,(H,24,26)/b14-10+. The molecule has 144 valence electrons. The number of amides is 1. The van der Waals surface area contributed by atoms with Crippen LogP contribution in [0, 0.1) is 28.4 Å². The molecule has 1 amide bonds. The van der Waals surface area contributed by atoms with Gasteiger partial charge < -0.3 is 9.73 Å². The molecule has 1 heterocycles. The van der Waals surface area contributed by atoms with Crippen LogP contribution in [0.4, 0.5) is 11.4 Å². The van der Waals surface area contributed by atoms with Crippen LogP contribution in [0.2, 0.25) is 5.02 Å². The smallest absolute Gasteiger partial charge is 0.270 e. The molecule has 8 heteroatoms. The van der Waals surface area contributed by atoms with Gasteiger partial charge >= 0.3 is 0 Å². The molecule has 29 heavy (non-hydrogen) atoms. The molecule has 0 saturated carbocycles. The Labute approximate surface area is 171 Å². The molecule has 3 aromatic rings. The zero-order valence-corrected chi connectivity index (χ0v) is 15.9. The number of anilines is 1. The number of nitriles is 1. The third-order valence-corrected chi connectivity index (χ3v) is 4.43. The van der Waals surface area contributed by atoms with Gasteiger partial charge in [0, 0.05) is 29.5 Å². The van der Waals surface area contributed by atoms with Gasteiger partial charge in [0.15, 0.2) is 0 Å². The second-order valence-electron chi connectivity index (χ2n) is 6.06. The van der Waals surface area contributed by atoms with E-state index in [1.807, 2.05) is 25.1 Å². The van der Waals surface area contributed by atoms with Gasteiger partial charge in [-0.25, -0.2) is 0 Å². The molecule has 0 unspecified atom stereocenters. The number of halogens is 1. The van der Waals surface area contributed by atoms with Gasteiger partial charge in [-0.1, -0.05) is 29.8 Å². The van der Waals surface area contributed by atoms with Crippen molar-refractivity contribution in [3.8, 4) is 17.4 Å². The number of nitro benzene ring substituents is 1. The lowest BCUT2D eigenvalue weighted by molar-refractivity contribution is -0.384. The summed E-state index contributed by atoms with van der Waals surface area (Å²) >= 11 is 6.12. The van der Waals surface area contributed by atoms with E-state index in [1.54, 1.807) is 24.3 Å². The zero-order chi connectivity index (χ0) is 21.0. The SMILES string of the molecule is Cc1ccccc1NC(=O)/C(C#N)=C/c1ccc(-c2cc([N+](=O)[O-])ccc2Cl)o1. The van der Waals surface area contributed by atoms with E-state index in [1.165, 1.54) is 24.3 Å². The summed E-state index contributed by atoms with van der Waals surface area (Å²) in [6.45, 7) is 1.84. The molecule has 7 nitrogen and oxygen atoms in total. The maximum atomic E-state index is 12.4. The maximum absolute atomic E-state index is 12.4. The van der Waals surface area contributed by atoms with E-state index in [9.17, 15) is 20.2 Å². The third kappa shape index (κ3) is 4.51. The molecule has 0 aliphatic carbocycles. The highest BCUT2D eigenvalue weighted by molar-refractivity contribution is 6.33. The van der Waals surface area contributed by atoms with E-state index in [0.717, 1.165) is 5.56 Å². The van der Waals surface area contributed by atoms with Crippen LogP contribution < -0.4 is 5.32 Å². The number of carbonyl (C=O) groups is 1. The minimum absolute atomic E-state index is 0.131. The van der Waals surface area contributed by atoms with Gasteiger partial charge in [0.1, 0.15) is 23.2 Å². The predicted molar refractivity (Wildman–Crippen MR) is 109 cm³/mol. The normalized spacial score (nSPS) is 11.0. The van der Waals surface area contributed by atoms with E-state index >= 15 is 0 Å². The molecule has 0 atom stereocenters. The number of hydrogen-bond acceptors (Lipinski definition) is 5. The number of nitro groups is 1. The maximum Gasteiger partial charge on any atom is 0.270 e. The summed E-state index contributed by atoms with van der Waals surface area (Å²) in [5.41, 5.74) is 1.51. The van der Waals surface area contributed by atoms with Crippen molar-refractivity contribution >= 4 is 35.0 Å². The first kappa shape index (κ1) is 19.9. The van der Waals surface area contributed by atoms with Gasteiger partial charge in [-0.05, 0) is 36.8 Å². The minimum Gasteiger partial charge on any atom is -0.457 e. The largest absolute Gasteiger partial charge is 0.457 e. The first-order valence-corrected chi connectivity index (χ1v) is 8.80. The van der Waals surface area contributed by atoms with Gasteiger partial charge in [-0.2, -0.15) is 5.26 Å². The highest BCUT2D eigenvalue weighted by atomic mass is 35.5. The Morgan fingerprint density at radius 1 is 1.24 bits per heavy atom. The Hall–Kier alpha value is -3.89. The topological polar surface area (TPSA) is 109 Å². The van der Waals surface area contributed by atoms with Crippen molar-refractivity contribution < 1.29 is 14.1 Å². The molecule has 0 fully saturated rings. The highest BCUT2D eigenvalue weighted by Gasteiger charge is 2.16. The Balaban J connectivity index is 1.87.